The summed E-state index contributed by atoms with van der Waals surface area (Å²) < 4.78 is 0. The van der Waals surface area contributed by atoms with Gasteiger partial charge in [0.2, 0.25) is 0 Å². The molecule has 20 heavy (non-hydrogen) atoms. The van der Waals surface area contributed by atoms with Crippen LogP contribution in [0.3, 0.4) is 0 Å². The van der Waals surface area contributed by atoms with Crippen molar-refractivity contribution in [2.24, 2.45) is 0 Å². The van der Waals surface area contributed by atoms with Crippen LogP contribution >= 0.6 is 69.9 Å². The first kappa shape index (κ1) is 19.1. The highest BCUT2D eigenvalue weighted by Crippen LogP contribution is 2.43. The molecule has 0 saturated heterocycles. The maximum atomic E-state index is 8.81. The maximum absolute atomic E-state index is 8.81. The second kappa shape index (κ2) is 9.94. The number of hydrogen-bond donors (Lipinski definition) is 1. The van der Waals surface area contributed by atoms with Crippen LogP contribution < -0.4 is 0 Å². The zero-order valence-electron chi connectivity index (χ0n) is 11.0. The molecule has 0 spiro atoms. The van der Waals surface area contributed by atoms with Crippen LogP contribution in [0, 0.1) is 0 Å². The second-order valence-electron chi connectivity index (χ2n) is 4.04. The average Bonchev–Trinajstić information content (AvgIpc) is 2.44. The molecule has 0 radical (unpaired) electrons. The number of rotatable bonds is 8. The van der Waals surface area contributed by atoms with Gasteiger partial charge in [0.25, 0.3) is 0 Å². The molecule has 1 aromatic rings. The molecule has 7 heteroatoms. The van der Waals surface area contributed by atoms with E-state index in [0.717, 1.165) is 23.3 Å². The number of aliphatic hydroxyl groups is 1. The summed E-state index contributed by atoms with van der Waals surface area (Å²) in [6.07, 6.45) is 1.09. The second-order valence-corrected chi connectivity index (χ2v) is 7.76. The summed E-state index contributed by atoms with van der Waals surface area (Å²) in [5.74, 6) is 2.95. The van der Waals surface area contributed by atoms with Gasteiger partial charge in [-0.2, -0.15) is 23.5 Å². The minimum Gasteiger partial charge on any atom is -0.396 e. The Kier molecular flexibility index (Phi) is 9.48. The first-order valence-corrected chi connectivity index (χ1v) is 9.96. The molecular weight excluding hydrogens is 378 g/mol. The molecule has 0 heterocycles. The van der Waals surface area contributed by atoms with Crippen LogP contribution in [0.1, 0.15) is 24.5 Å². The first-order valence-electron chi connectivity index (χ1n) is 6.14. The van der Waals surface area contributed by atoms with E-state index >= 15 is 0 Å². The summed E-state index contributed by atoms with van der Waals surface area (Å²) in [4.78, 5) is 0. The Morgan fingerprint density at radius 2 is 1.20 bits per heavy atom. The Hall–Kier alpha value is 1.04. The van der Waals surface area contributed by atoms with Gasteiger partial charge in [0.15, 0.2) is 0 Å². The van der Waals surface area contributed by atoms with Crippen LogP contribution in [0.15, 0.2) is 0 Å². The van der Waals surface area contributed by atoms with Gasteiger partial charge in [-0.15, -0.1) is 0 Å². The predicted octanol–water partition coefficient (Wildman–Crippen LogP) is 6.17. The average molecular weight is 394 g/mol. The smallest absolute Gasteiger partial charge is 0.0651 e. The van der Waals surface area contributed by atoms with Crippen molar-refractivity contribution < 1.29 is 5.11 Å². The lowest BCUT2D eigenvalue weighted by Crippen LogP contribution is -1.96. The fourth-order valence-electron chi connectivity index (χ4n) is 1.53. The molecule has 0 amide bonds. The lowest BCUT2D eigenvalue weighted by Gasteiger charge is -2.15. The fourth-order valence-corrected chi connectivity index (χ4v) is 4.74. The van der Waals surface area contributed by atoms with E-state index in [1.807, 2.05) is 0 Å². The fraction of sp³-hybridized carbons (Fsp3) is 0.538. The van der Waals surface area contributed by atoms with E-state index in [1.165, 1.54) is 11.8 Å². The molecule has 1 rings (SSSR count). The van der Waals surface area contributed by atoms with Crippen molar-refractivity contribution in [3.8, 4) is 0 Å². The van der Waals surface area contributed by atoms with Gasteiger partial charge in [-0.1, -0.05) is 53.3 Å². The van der Waals surface area contributed by atoms with E-state index in [4.69, 9.17) is 51.5 Å². The van der Waals surface area contributed by atoms with Crippen LogP contribution in [-0.4, -0.2) is 23.2 Å². The summed E-state index contributed by atoms with van der Waals surface area (Å²) in [5, 5.41) is 10.7. The molecular formula is C13H16Cl4OS2. The standard InChI is InChI=1S/C13H16Cl4OS2/c1-2-4-19-6-8-10(14)12(16)9(7-20-5-3-18)13(17)11(8)15/h18H,2-7H2,1H3. The monoisotopic (exact) mass is 392 g/mol. The Morgan fingerprint density at radius 3 is 1.55 bits per heavy atom. The van der Waals surface area contributed by atoms with Gasteiger partial charge in [0, 0.05) is 28.4 Å². The predicted molar refractivity (Wildman–Crippen MR) is 96.2 cm³/mol. The molecule has 0 unspecified atom stereocenters. The van der Waals surface area contributed by atoms with Gasteiger partial charge in [-0.05, 0) is 12.2 Å². The van der Waals surface area contributed by atoms with Crippen LogP contribution in [0.5, 0.6) is 0 Å². The van der Waals surface area contributed by atoms with E-state index in [1.54, 1.807) is 11.8 Å². The van der Waals surface area contributed by atoms with E-state index in [2.05, 4.69) is 6.92 Å². The topological polar surface area (TPSA) is 20.2 Å². The molecule has 0 atom stereocenters. The van der Waals surface area contributed by atoms with Crippen LogP contribution in [0.4, 0.5) is 0 Å². The molecule has 1 aromatic carbocycles. The van der Waals surface area contributed by atoms with Crippen molar-refractivity contribution in [3.63, 3.8) is 0 Å². The largest absolute Gasteiger partial charge is 0.396 e. The molecule has 0 fully saturated rings. The molecule has 0 bridgehead atoms. The summed E-state index contributed by atoms with van der Waals surface area (Å²) in [5.41, 5.74) is 1.55. The van der Waals surface area contributed by atoms with E-state index < -0.39 is 0 Å². The molecule has 1 N–H and O–H groups in total. The Bertz CT molecular complexity index is 384. The van der Waals surface area contributed by atoms with Crippen LogP contribution in [-0.2, 0) is 11.5 Å². The number of halogens is 4. The van der Waals surface area contributed by atoms with Gasteiger partial charge in [-0.3, -0.25) is 0 Å². The first-order chi connectivity index (χ1) is 9.54. The highest BCUT2D eigenvalue weighted by atomic mass is 35.5. The van der Waals surface area contributed by atoms with Crippen molar-refractivity contribution in [3.05, 3.63) is 31.2 Å². The molecule has 0 aliphatic rings. The third-order valence-corrected chi connectivity index (χ3v) is 6.54. The van der Waals surface area contributed by atoms with Crippen LogP contribution in [0.2, 0.25) is 20.1 Å². The summed E-state index contributed by atoms with van der Waals surface area (Å²) in [6, 6.07) is 0. The molecule has 1 nitrogen and oxygen atoms in total. The minimum absolute atomic E-state index is 0.118. The quantitative estimate of drug-likeness (QED) is 0.421. The zero-order chi connectivity index (χ0) is 15.1. The van der Waals surface area contributed by atoms with Crippen molar-refractivity contribution >= 4 is 69.9 Å². The third-order valence-electron chi connectivity index (χ3n) is 2.52. The minimum atomic E-state index is 0.118. The Balaban J connectivity index is 3.00. The van der Waals surface area contributed by atoms with E-state index in [-0.39, 0.29) is 6.61 Å². The lowest BCUT2D eigenvalue weighted by atomic mass is 10.1. The molecule has 0 aromatic heterocycles. The maximum Gasteiger partial charge on any atom is 0.0651 e. The third kappa shape index (κ3) is 5.05. The van der Waals surface area contributed by atoms with Gasteiger partial charge < -0.3 is 5.11 Å². The lowest BCUT2D eigenvalue weighted by molar-refractivity contribution is 0.322. The van der Waals surface area contributed by atoms with E-state index in [0.29, 0.717) is 37.3 Å². The SMILES string of the molecule is CCCSCc1c(Cl)c(Cl)c(CSCCO)c(Cl)c1Cl. The molecule has 0 saturated carbocycles. The van der Waals surface area contributed by atoms with Gasteiger partial charge in [-0.25, -0.2) is 0 Å². The number of hydrogen-bond acceptors (Lipinski definition) is 3. The molecule has 0 aliphatic carbocycles. The van der Waals surface area contributed by atoms with Crippen molar-refractivity contribution in [1.82, 2.24) is 0 Å². The van der Waals surface area contributed by atoms with Gasteiger partial charge in [0.05, 0.1) is 26.7 Å². The van der Waals surface area contributed by atoms with Crippen molar-refractivity contribution in [1.29, 1.82) is 0 Å². The molecule has 114 valence electrons. The summed E-state index contributed by atoms with van der Waals surface area (Å²) >= 11 is 28.5. The van der Waals surface area contributed by atoms with Gasteiger partial charge in [0.1, 0.15) is 0 Å². The van der Waals surface area contributed by atoms with Crippen molar-refractivity contribution in [2.75, 3.05) is 18.1 Å². The highest BCUT2D eigenvalue weighted by Gasteiger charge is 2.19. The van der Waals surface area contributed by atoms with Crippen molar-refractivity contribution in [2.45, 2.75) is 24.9 Å². The number of thioether (sulfide) groups is 2. The van der Waals surface area contributed by atoms with Crippen LogP contribution in [0.25, 0.3) is 0 Å². The summed E-state index contributed by atoms with van der Waals surface area (Å²) in [7, 11) is 0. The van der Waals surface area contributed by atoms with Gasteiger partial charge >= 0.3 is 0 Å². The zero-order valence-corrected chi connectivity index (χ0v) is 15.7. The Morgan fingerprint density at radius 1 is 0.800 bits per heavy atom. The number of benzene rings is 1. The Labute approximate surface area is 148 Å². The highest BCUT2D eigenvalue weighted by molar-refractivity contribution is 7.98. The molecule has 0 aliphatic heterocycles. The normalized spacial score (nSPS) is 11.1. The van der Waals surface area contributed by atoms with E-state index in [9.17, 15) is 0 Å². The summed E-state index contributed by atoms with van der Waals surface area (Å²) in [6.45, 7) is 2.24. The number of aliphatic hydroxyl groups excluding tert-OH is 1.